The maximum absolute atomic E-state index is 5.38. The zero-order valence-electron chi connectivity index (χ0n) is 15.3. The van der Waals surface area contributed by atoms with E-state index in [0.717, 1.165) is 33.6 Å². The first-order chi connectivity index (χ1) is 13.2. The number of methoxy groups -OCH3 is 2. The second-order valence-corrected chi connectivity index (χ2v) is 6.86. The summed E-state index contributed by atoms with van der Waals surface area (Å²) in [6, 6.07) is 11.7. The van der Waals surface area contributed by atoms with Gasteiger partial charge < -0.3 is 18.4 Å². The second-order valence-electron chi connectivity index (χ2n) is 5.92. The van der Waals surface area contributed by atoms with Crippen LogP contribution in [0.2, 0.25) is 0 Å². The van der Waals surface area contributed by atoms with Gasteiger partial charge in [-0.25, -0.2) is 4.98 Å². The van der Waals surface area contributed by atoms with Crippen molar-refractivity contribution in [1.29, 1.82) is 0 Å². The van der Waals surface area contributed by atoms with Crippen LogP contribution < -0.4 is 9.47 Å². The second kappa shape index (κ2) is 7.32. The summed E-state index contributed by atoms with van der Waals surface area (Å²) < 4.78 is 14.7. The van der Waals surface area contributed by atoms with E-state index in [2.05, 4.69) is 15.2 Å². The van der Waals surface area contributed by atoms with Gasteiger partial charge in [0.15, 0.2) is 22.5 Å². The average molecular weight is 381 g/mol. The van der Waals surface area contributed by atoms with Crippen LogP contribution in [0.5, 0.6) is 11.5 Å². The Labute approximate surface area is 161 Å². The van der Waals surface area contributed by atoms with Gasteiger partial charge in [0.25, 0.3) is 0 Å². The molecule has 0 aliphatic heterocycles. The number of benzene rings is 1. The fourth-order valence-corrected chi connectivity index (χ4v) is 3.66. The molecule has 138 valence electrons. The Morgan fingerprint density at radius 2 is 1.89 bits per heavy atom. The number of hydrogen-bond acceptors (Lipinski definition) is 6. The Morgan fingerprint density at radius 3 is 2.67 bits per heavy atom. The van der Waals surface area contributed by atoms with Crippen LogP contribution in [0.3, 0.4) is 0 Å². The van der Waals surface area contributed by atoms with Gasteiger partial charge in [0, 0.05) is 30.8 Å². The molecule has 0 radical (unpaired) electrons. The molecule has 1 aromatic carbocycles. The highest BCUT2D eigenvalue weighted by molar-refractivity contribution is 7.98. The zero-order valence-corrected chi connectivity index (χ0v) is 16.1. The van der Waals surface area contributed by atoms with Crippen molar-refractivity contribution in [3.63, 3.8) is 0 Å². The highest BCUT2D eigenvalue weighted by atomic mass is 32.2. The molecule has 4 rings (SSSR count). The Bertz CT molecular complexity index is 1060. The minimum Gasteiger partial charge on any atom is -0.493 e. The van der Waals surface area contributed by atoms with Crippen molar-refractivity contribution in [3.8, 4) is 22.9 Å². The van der Waals surface area contributed by atoms with E-state index in [-0.39, 0.29) is 0 Å². The molecule has 0 unspecified atom stereocenters. The van der Waals surface area contributed by atoms with Crippen LogP contribution in [0, 0.1) is 0 Å². The summed E-state index contributed by atoms with van der Waals surface area (Å²) in [6.07, 6.45) is 4.03. The fraction of sp³-hybridized carbons (Fsp3) is 0.211. The molecule has 0 bridgehead atoms. The molecule has 0 saturated heterocycles. The van der Waals surface area contributed by atoms with E-state index in [1.807, 2.05) is 64.8 Å². The summed E-state index contributed by atoms with van der Waals surface area (Å²) in [7, 11) is 5.19. The van der Waals surface area contributed by atoms with Crippen LogP contribution in [-0.2, 0) is 12.8 Å². The summed E-state index contributed by atoms with van der Waals surface area (Å²) >= 11 is 1.61. The van der Waals surface area contributed by atoms with Gasteiger partial charge in [-0.3, -0.25) is 0 Å². The van der Waals surface area contributed by atoms with E-state index in [4.69, 9.17) is 9.47 Å². The third-order valence-electron chi connectivity index (χ3n) is 4.24. The molecule has 0 amide bonds. The van der Waals surface area contributed by atoms with Gasteiger partial charge in [0.2, 0.25) is 0 Å². The number of rotatable bonds is 6. The maximum Gasteiger partial charge on any atom is 0.191 e. The van der Waals surface area contributed by atoms with Crippen molar-refractivity contribution < 1.29 is 9.47 Å². The van der Waals surface area contributed by atoms with Gasteiger partial charge in [-0.05, 0) is 30.3 Å². The molecule has 8 heteroatoms. The minimum atomic E-state index is 0.664. The first-order valence-corrected chi connectivity index (χ1v) is 9.35. The molecule has 0 atom stereocenters. The van der Waals surface area contributed by atoms with E-state index >= 15 is 0 Å². The number of hydrogen-bond donors (Lipinski definition) is 0. The van der Waals surface area contributed by atoms with Gasteiger partial charge in [-0.15, -0.1) is 10.2 Å². The lowest BCUT2D eigenvalue weighted by Gasteiger charge is -2.09. The van der Waals surface area contributed by atoms with E-state index in [1.165, 1.54) is 0 Å². The van der Waals surface area contributed by atoms with Gasteiger partial charge in [0.05, 0.1) is 19.9 Å². The number of pyridine rings is 1. The number of fused-ring (bicyclic) bond motifs is 1. The summed E-state index contributed by atoms with van der Waals surface area (Å²) in [5, 5.41) is 9.50. The number of nitrogens with zero attached hydrogens (tertiary/aromatic N) is 5. The summed E-state index contributed by atoms with van der Waals surface area (Å²) in [5.41, 5.74) is 2.86. The third kappa shape index (κ3) is 3.35. The summed E-state index contributed by atoms with van der Waals surface area (Å²) in [6.45, 7) is 0. The third-order valence-corrected chi connectivity index (χ3v) is 5.29. The fourth-order valence-electron chi connectivity index (χ4n) is 2.86. The van der Waals surface area contributed by atoms with Gasteiger partial charge in [-0.2, -0.15) is 0 Å². The normalized spacial score (nSPS) is 11.1. The van der Waals surface area contributed by atoms with Crippen molar-refractivity contribution in [2.75, 3.05) is 14.2 Å². The molecule has 27 heavy (non-hydrogen) atoms. The Hall–Kier alpha value is -3.00. The van der Waals surface area contributed by atoms with Crippen molar-refractivity contribution in [2.24, 2.45) is 7.05 Å². The molecular formula is C19H19N5O2S. The first kappa shape index (κ1) is 17.4. The summed E-state index contributed by atoms with van der Waals surface area (Å²) in [4.78, 5) is 4.62. The molecule has 0 saturated carbocycles. The van der Waals surface area contributed by atoms with E-state index in [1.54, 1.807) is 26.0 Å². The summed E-state index contributed by atoms with van der Waals surface area (Å²) in [5.74, 6) is 2.84. The Morgan fingerprint density at radius 1 is 1.04 bits per heavy atom. The first-order valence-electron chi connectivity index (χ1n) is 8.37. The van der Waals surface area contributed by atoms with Gasteiger partial charge in [-0.1, -0.05) is 17.8 Å². The average Bonchev–Trinajstić information content (AvgIpc) is 3.28. The van der Waals surface area contributed by atoms with Crippen molar-refractivity contribution in [1.82, 2.24) is 24.1 Å². The number of aromatic nitrogens is 5. The monoisotopic (exact) mass is 381 g/mol. The minimum absolute atomic E-state index is 0.664. The largest absolute Gasteiger partial charge is 0.493 e. The molecule has 0 aliphatic rings. The van der Waals surface area contributed by atoms with Crippen LogP contribution in [-0.4, -0.2) is 38.4 Å². The van der Waals surface area contributed by atoms with Crippen LogP contribution >= 0.6 is 11.8 Å². The number of ether oxygens (including phenoxy) is 2. The van der Waals surface area contributed by atoms with Crippen molar-refractivity contribution in [3.05, 3.63) is 54.5 Å². The van der Waals surface area contributed by atoms with E-state index in [9.17, 15) is 0 Å². The van der Waals surface area contributed by atoms with Gasteiger partial charge >= 0.3 is 0 Å². The quantitative estimate of drug-likeness (QED) is 0.477. The van der Waals surface area contributed by atoms with Gasteiger partial charge in [0.1, 0.15) is 5.65 Å². The van der Waals surface area contributed by atoms with Crippen LogP contribution in [0.1, 0.15) is 5.69 Å². The van der Waals surface area contributed by atoms with E-state index in [0.29, 0.717) is 11.5 Å². The highest BCUT2D eigenvalue weighted by Crippen LogP contribution is 2.32. The molecule has 4 aromatic rings. The smallest absolute Gasteiger partial charge is 0.191 e. The lowest BCUT2D eigenvalue weighted by atomic mass is 10.2. The van der Waals surface area contributed by atoms with Crippen LogP contribution in [0.4, 0.5) is 0 Å². The van der Waals surface area contributed by atoms with Crippen molar-refractivity contribution in [2.45, 2.75) is 10.9 Å². The van der Waals surface area contributed by atoms with Crippen molar-refractivity contribution >= 4 is 17.4 Å². The predicted molar refractivity (Wildman–Crippen MR) is 104 cm³/mol. The molecule has 3 heterocycles. The Kier molecular flexibility index (Phi) is 4.72. The van der Waals surface area contributed by atoms with Crippen LogP contribution in [0.25, 0.3) is 17.0 Å². The molecule has 0 spiro atoms. The molecule has 0 N–H and O–H groups in total. The molecule has 3 aromatic heterocycles. The predicted octanol–water partition coefficient (Wildman–Crippen LogP) is 3.44. The van der Waals surface area contributed by atoms with E-state index < -0.39 is 0 Å². The standard InChI is InChI=1S/C19H19N5O2S/c1-23-18(13-7-8-15(25-2)16(10-13)26-3)21-22-19(23)27-12-14-11-24-9-5-4-6-17(24)20-14/h4-11H,12H2,1-3H3. The Balaban J connectivity index is 1.55. The molecule has 7 nitrogen and oxygen atoms in total. The molecule has 0 fully saturated rings. The lowest BCUT2D eigenvalue weighted by molar-refractivity contribution is 0.355. The lowest BCUT2D eigenvalue weighted by Crippen LogP contribution is -1.96. The SMILES string of the molecule is COc1ccc(-c2nnc(SCc3cn4ccccc4n3)n2C)cc1OC. The zero-order chi connectivity index (χ0) is 18.8. The number of imidazole rings is 1. The maximum atomic E-state index is 5.38. The topological polar surface area (TPSA) is 66.5 Å². The van der Waals surface area contributed by atoms with Crippen LogP contribution in [0.15, 0.2) is 53.9 Å². The number of thioether (sulfide) groups is 1. The highest BCUT2D eigenvalue weighted by Gasteiger charge is 2.14. The molecule has 0 aliphatic carbocycles. The molecular weight excluding hydrogens is 362 g/mol.